The van der Waals surface area contributed by atoms with Crippen molar-refractivity contribution in [3.05, 3.63) is 42.2 Å². The van der Waals surface area contributed by atoms with Crippen LogP contribution in [-0.4, -0.2) is 82.7 Å². The number of ether oxygens (including phenoxy) is 1. The van der Waals surface area contributed by atoms with Crippen molar-refractivity contribution >= 4 is 34.0 Å². The molecule has 0 spiro atoms. The zero-order valence-electron chi connectivity index (χ0n) is 27.6. The van der Waals surface area contributed by atoms with Crippen molar-refractivity contribution in [1.29, 1.82) is 0 Å². The minimum atomic E-state index is -4.27. The van der Waals surface area contributed by atoms with E-state index in [4.69, 9.17) is 4.74 Å². The topological polar surface area (TPSA) is 167 Å². The van der Waals surface area contributed by atoms with E-state index in [1.165, 1.54) is 9.21 Å². The number of alkyl carbamates (subject to hydrolysis) is 1. The Morgan fingerprint density at radius 1 is 1.02 bits per heavy atom. The van der Waals surface area contributed by atoms with Gasteiger partial charge in [0.15, 0.2) is 0 Å². The minimum absolute atomic E-state index is 0.242. The van der Waals surface area contributed by atoms with Gasteiger partial charge in [-0.1, -0.05) is 37.5 Å². The fraction of sp³-hybridized carbons (Fsp3) is 0.667. The lowest BCUT2D eigenvalue weighted by Gasteiger charge is -2.35. The van der Waals surface area contributed by atoms with Crippen LogP contribution >= 0.6 is 0 Å². The fourth-order valence-corrected chi connectivity index (χ4v) is 8.37. The maximum Gasteiger partial charge on any atom is 0.408 e. The van der Waals surface area contributed by atoms with Gasteiger partial charge in [-0.3, -0.25) is 19.4 Å². The lowest BCUT2D eigenvalue weighted by Crippen LogP contribution is -2.59. The lowest BCUT2D eigenvalue weighted by molar-refractivity contribution is -0.141. The molecule has 13 nitrogen and oxygen atoms in total. The second-order valence-electron chi connectivity index (χ2n) is 14.1. The molecule has 3 fully saturated rings. The van der Waals surface area contributed by atoms with E-state index in [1.807, 2.05) is 18.2 Å². The van der Waals surface area contributed by atoms with Gasteiger partial charge in [-0.2, -0.15) is 12.7 Å². The van der Waals surface area contributed by atoms with Gasteiger partial charge in [0.25, 0.3) is 5.91 Å². The number of fused-ring (bicyclic) bond motifs is 2. The van der Waals surface area contributed by atoms with Gasteiger partial charge in [-0.05, 0) is 83.8 Å². The standard InChI is InChI=1S/C33H48N6O7S/c1-32(2,3)46-31(43)35-25-15-8-6-4-5-7-14-24-21-33(24,36-28(40)27-17-12-19-38(27)29(25)41)30(42)37-47(44,45)39-20-10-9-16-26(39)23-13-11-18-34-22-23/h7,11,13-14,18,22,24-27H,4-6,8-10,12,15-17,19-21H2,1-3H3,(H,35,43)(H,36,40)(H,37,42)/t24-,25+,26?,27+,33-/m1/s1. The second kappa shape index (κ2) is 14.3. The van der Waals surface area contributed by atoms with E-state index in [1.54, 1.807) is 39.2 Å². The summed E-state index contributed by atoms with van der Waals surface area (Å²) >= 11 is 0. The molecule has 1 saturated carbocycles. The largest absolute Gasteiger partial charge is 0.444 e. The monoisotopic (exact) mass is 672 g/mol. The Bertz CT molecular complexity index is 1460. The van der Waals surface area contributed by atoms with Crippen molar-refractivity contribution in [3.63, 3.8) is 0 Å². The first kappa shape index (κ1) is 34.8. The van der Waals surface area contributed by atoms with Crippen molar-refractivity contribution < 1.29 is 32.3 Å². The highest BCUT2D eigenvalue weighted by molar-refractivity contribution is 7.87. The second-order valence-corrected chi connectivity index (χ2v) is 15.7. The van der Waals surface area contributed by atoms with E-state index in [-0.39, 0.29) is 18.9 Å². The van der Waals surface area contributed by atoms with Gasteiger partial charge < -0.3 is 20.3 Å². The normalized spacial score (nSPS) is 29.4. The Labute approximate surface area is 277 Å². The molecule has 1 aromatic heterocycles. The number of amides is 4. The molecule has 14 heteroatoms. The molecular formula is C33H48N6O7S. The Morgan fingerprint density at radius 3 is 2.53 bits per heavy atom. The van der Waals surface area contributed by atoms with Crippen LogP contribution in [0.3, 0.4) is 0 Å². The van der Waals surface area contributed by atoms with Crippen molar-refractivity contribution in [3.8, 4) is 0 Å². The molecule has 4 aliphatic rings. The Kier molecular flexibility index (Phi) is 10.6. The maximum atomic E-state index is 13.9. The number of allylic oxidation sites excluding steroid dienone is 1. The fourth-order valence-electron chi connectivity index (χ4n) is 6.91. The third-order valence-corrected chi connectivity index (χ3v) is 10.9. The van der Waals surface area contributed by atoms with Gasteiger partial charge in [0, 0.05) is 31.4 Å². The average molecular weight is 673 g/mol. The number of hydrogen-bond donors (Lipinski definition) is 3. The zero-order chi connectivity index (χ0) is 33.8. The highest BCUT2D eigenvalue weighted by atomic mass is 32.2. The maximum absolute atomic E-state index is 13.9. The summed E-state index contributed by atoms with van der Waals surface area (Å²) < 4.78 is 36.5. The van der Waals surface area contributed by atoms with Crippen LogP contribution in [0.25, 0.3) is 0 Å². The quantitative estimate of drug-likeness (QED) is 0.401. The number of hydrogen-bond acceptors (Lipinski definition) is 8. The molecule has 1 aromatic rings. The van der Waals surface area contributed by atoms with E-state index in [2.05, 4.69) is 20.3 Å². The number of carbonyl (C=O) groups excluding carboxylic acids is 4. The highest BCUT2D eigenvalue weighted by Gasteiger charge is 2.61. The summed E-state index contributed by atoms with van der Waals surface area (Å²) in [6, 6.07) is 1.40. The molecule has 47 heavy (non-hydrogen) atoms. The van der Waals surface area contributed by atoms with Crippen LogP contribution in [-0.2, 0) is 29.3 Å². The van der Waals surface area contributed by atoms with Gasteiger partial charge >= 0.3 is 16.3 Å². The Morgan fingerprint density at radius 2 is 1.79 bits per heavy atom. The molecule has 3 N–H and O–H groups in total. The van der Waals surface area contributed by atoms with Gasteiger partial charge in [0.1, 0.15) is 23.2 Å². The third-order valence-electron chi connectivity index (χ3n) is 9.38. The summed E-state index contributed by atoms with van der Waals surface area (Å²) in [5.41, 5.74) is -1.46. The van der Waals surface area contributed by atoms with Crippen molar-refractivity contribution in [1.82, 2.24) is 29.5 Å². The number of piperidine rings is 1. The molecule has 0 aromatic carbocycles. The molecule has 4 amide bonds. The van der Waals surface area contributed by atoms with Gasteiger partial charge in [-0.15, -0.1) is 0 Å². The van der Waals surface area contributed by atoms with Crippen LogP contribution in [0.4, 0.5) is 4.79 Å². The molecule has 1 unspecified atom stereocenters. The van der Waals surface area contributed by atoms with Gasteiger partial charge in [0.2, 0.25) is 11.8 Å². The molecular weight excluding hydrogens is 624 g/mol. The number of carbonyl (C=O) groups is 4. The van der Waals surface area contributed by atoms with Crippen molar-refractivity contribution in [2.24, 2.45) is 5.92 Å². The number of nitrogens with zero attached hydrogens (tertiary/aromatic N) is 3. The summed E-state index contributed by atoms with van der Waals surface area (Å²) in [7, 11) is -4.27. The number of aromatic nitrogens is 1. The van der Waals surface area contributed by atoms with Crippen LogP contribution in [0.15, 0.2) is 36.7 Å². The predicted molar refractivity (Wildman–Crippen MR) is 174 cm³/mol. The van der Waals surface area contributed by atoms with Crippen molar-refractivity contribution in [2.45, 2.75) is 121 Å². The number of pyridine rings is 1. The van der Waals surface area contributed by atoms with E-state index in [0.29, 0.717) is 51.5 Å². The third kappa shape index (κ3) is 8.32. The smallest absolute Gasteiger partial charge is 0.408 e. The molecule has 2 saturated heterocycles. The highest BCUT2D eigenvalue weighted by Crippen LogP contribution is 2.46. The van der Waals surface area contributed by atoms with Crippen LogP contribution in [0.1, 0.15) is 103 Å². The van der Waals surface area contributed by atoms with E-state index < -0.39 is 63.3 Å². The van der Waals surface area contributed by atoms with Crippen LogP contribution < -0.4 is 15.4 Å². The van der Waals surface area contributed by atoms with E-state index in [0.717, 1.165) is 24.8 Å². The molecule has 5 rings (SSSR count). The molecule has 258 valence electrons. The van der Waals surface area contributed by atoms with Gasteiger partial charge in [-0.25, -0.2) is 9.52 Å². The van der Waals surface area contributed by atoms with Crippen molar-refractivity contribution in [2.75, 3.05) is 13.1 Å². The number of nitrogens with one attached hydrogen (secondary N) is 3. The van der Waals surface area contributed by atoms with Crippen LogP contribution in [0.2, 0.25) is 0 Å². The molecule has 1 aliphatic carbocycles. The molecule has 3 aliphatic heterocycles. The minimum Gasteiger partial charge on any atom is -0.444 e. The predicted octanol–water partition coefficient (Wildman–Crippen LogP) is 3.25. The Balaban J connectivity index is 1.35. The Hall–Kier alpha value is -3.52. The summed E-state index contributed by atoms with van der Waals surface area (Å²) in [6.07, 6.45) is 13.2. The summed E-state index contributed by atoms with van der Waals surface area (Å²) in [5, 5.41) is 5.61. The summed E-state index contributed by atoms with van der Waals surface area (Å²) in [4.78, 5) is 59.9. The van der Waals surface area contributed by atoms with E-state index >= 15 is 0 Å². The first-order valence-corrected chi connectivity index (χ1v) is 18.3. The van der Waals surface area contributed by atoms with Crippen LogP contribution in [0.5, 0.6) is 0 Å². The zero-order valence-corrected chi connectivity index (χ0v) is 28.4. The summed E-state index contributed by atoms with van der Waals surface area (Å²) in [5.74, 6) is -2.08. The molecule has 0 radical (unpaired) electrons. The molecule has 0 bridgehead atoms. The summed E-state index contributed by atoms with van der Waals surface area (Å²) in [6.45, 7) is 5.81. The van der Waals surface area contributed by atoms with Crippen LogP contribution in [0, 0.1) is 5.92 Å². The first-order chi connectivity index (χ1) is 22.3. The first-order valence-electron chi connectivity index (χ1n) is 16.8. The molecule has 4 heterocycles. The SMILES string of the molecule is CC(C)(C)OC(=O)N[C@H]1CCCCCC=C[C@@H]2C[C@@]2(C(=O)NS(=O)(=O)N2CCCCC2c2cccnc2)NC(=O)[C@@H]2CCCN2C1=O. The average Bonchev–Trinajstić information content (AvgIpc) is 3.48. The molecule has 5 atom stereocenters. The number of rotatable bonds is 5. The van der Waals surface area contributed by atoms with E-state index in [9.17, 15) is 27.6 Å². The lowest BCUT2D eigenvalue weighted by atomic mass is 9.99. The van der Waals surface area contributed by atoms with Gasteiger partial charge in [0.05, 0.1) is 6.04 Å².